The molecule has 1 aliphatic rings. The standard InChI is InChI=1S/C25H29N3O2S/c1-18(2)22-14-7-8-15-23(22)26-25-27(20-11-5-3-4-6-12-20)24(17-31-25)19-10-9-13-21(16-19)28(29)30/h7-10,13-18,20H,3-6,11-12H2,1-2H3. The lowest BCUT2D eigenvalue weighted by atomic mass is 10.0. The maximum Gasteiger partial charge on any atom is 0.270 e. The van der Waals surface area contributed by atoms with Crippen LogP contribution in [0.15, 0.2) is 58.9 Å². The molecule has 6 heteroatoms. The van der Waals surface area contributed by atoms with E-state index in [9.17, 15) is 10.1 Å². The van der Waals surface area contributed by atoms with Crippen LogP contribution in [-0.4, -0.2) is 9.49 Å². The highest BCUT2D eigenvalue weighted by atomic mass is 32.1. The molecule has 0 radical (unpaired) electrons. The Bertz CT molecular complexity index is 1120. The van der Waals surface area contributed by atoms with E-state index in [2.05, 4.69) is 42.0 Å². The second-order valence-corrected chi connectivity index (χ2v) is 9.39. The SMILES string of the molecule is CC(C)c1ccccc1N=c1scc(-c2cccc([N+](=O)[O-])c2)n1C1CCCCCC1. The first-order valence-corrected chi connectivity index (χ1v) is 12.0. The van der Waals surface area contributed by atoms with E-state index in [1.165, 1.54) is 31.2 Å². The lowest BCUT2D eigenvalue weighted by Crippen LogP contribution is -2.21. The van der Waals surface area contributed by atoms with Gasteiger partial charge in [-0.3, -0.25) is 10.1 Å². The van der Waals surface area contributed by atoms with Crippen molar-refractivity contribution in [2.45, 2.75) is 64.3 Å². The number of nitrogens with zero attached hydrogens (tertiary/aromatic N) is 3. The molecule has 4 rings (SSSR count). The van der Waals surface area contributed by atoms with Crippen molar-refractivity contribution in [3.8, 4) is 11.3 Å². The lowest BCUT2D eigenvalue weighted by Gasteiger charge is -2.20. The van der Waals surface area contributed by atoms with Gasteiger partial charge in [0.1, 0.15) is 0 Å². The van der Waals surface area contributed by atoms with E-state index in [0.717, 1.165) is 34.6 Å². The predicted octanol–water partition coefficient (Wildman–Crippen LogP) is 7.38. The zero-order valence-corrected chi connectivity index (χ0v) is 19.0. The van der Waals surface area contributed by atoms with Gasteiger partial charge in [-0.25, -0.2) is 4.99 Å². The molecule has 0 amide bonds. The van der Waals surface area contributed by atoms with Crippen molar-refractivity contribution in [3.05, 3.63) is 74.4 Å². The van der Waals surface area contributed by atoms with E-state index < -0.39 is 0 Å². The molecule has 0 atom stereocenters. The number of rotatable bonds is 5. The van der Waals surface area contributed by atoms with E-state index in [-0.39, 0.29) is 10.6 Å². The lowest BCUT2D eigenvalue weighted by molar-refractivity contribution is -0.384. The topological polar surface area (TPSA) is 60.4 Å². The molecule has 1 aliphatic carbocycles. The van der Waals surface area contributed by atoms with Crippen LogP contribution in [0.2, 0.25) is 0 Å². The quantitative estimate of drug-likeness (QED) is 0.238. The molecule has 1 heterocycles. The van der Waals surface area contributed by atoms with Gasteiger partial charge in [-0.05, 0) is 30.4 Å². The zero-order chi connectivity index (χ0) is 21.8. The van der Waals surface area contributed by atoms with Crippen molar-refractivity contribution in [1.29, 1.82) is 0 Å². The van der Waals surface area contributed by atoms with Crippen LogP contribution in [0, 0.1) is 10.1 Å². The summed E-state index contributed by atoms with van der Waals surface area (Å²) in [7, 11) is 0. The molecule has 5 nitrogen and oxygen atoms in total. The maximum absolute atomic E-state index is 11.3. The number of para-hydroxylation sites is 1. The van der Waals surface area contributed by atoms with E-state index in [1.54, 1.807) is 29.5 Å². The normalized spacial score (nSPS) is 15.9. The molecular formula is C25H29N3O2S. The number of aromatic nitrogens is 1. The summed E-state index contributed by atoms with van der Waals surface area (Å²) in [6, 6.07) is 15.7. The number of benzene rings is 2. The van der Waals surface area contributed by atoms with E-state index in [4.69, 9.17) is 4.99 Å². The maximum atomic E-state index is 11.3. The molecule has 0 aliphatic heterocycles. The number of hydrogen-bond acceptors (Lipinski definition) is 4. The molecule has 162 valence electrons. The molecule has 0 unspecified atom stereocenters. The van der Waals surface area contributed by atoms with Gasteiger partial charge >= 0.3 is 0 Å². The van der Waals surface area contributed by atoms with Crippen LogP contribution in [0.4, 0.5) is 11.4 Å². The fourth-order valence-corrected chi connectivity index (χ4v) is 5.42. The average molecular weight is 436 g/mol. The van der Waals surface area contributed by atoms with Crippen LogP contribution in [0.25, 0.3) is 11.3 Å². The fourth-order valence-electron chi connectivity index (χ4n) is 4.44. The Hall–Kier alpha value is -2.73. The highest BCUT2D eigenvalue weighted by Crippen LogP contribution is 2.33. The van der Waals surface area contributed by atoms with Gasteiger partial charge in [0.25, 0.3) is 5.69 Å². The van der Waals surface area contributed by atoms with E-state index in [1.807, 2.05) is 12.1 Å². The Morgan fingerprint density at radius 3 is 2.52 bits per heavy atom. The molecule has 0 bridgehead atoms. The summed E-state index contributed by atoms with van der Waals surface area (Å²) >= 11 is 1.63. The van der Waals surface area contributed by atoms with Gasteiger partial charge in [0.05, 0.1) is 16.3 Å². The van der Waals surface area contributed by atoms with Gasteiger partial charge in [-0.15, -0.1) is 11.3 Å². The van der Waals surface area contributed by atoms with Crippen molar-refractivity contribution < 1.29 is 4.92 Å². The predicted molar refractivity (Wildman–Crippen MR) is 127 cm³/mol. The summed E-state index contributed by atoms with van der Waals surface area (Å²) in [6.07, 6.45) is 7.22. The summed E-state index contributed by atoms with van der Waals surface area (Å²) in [5.41, 5.74) is 4.28. The first kappa shape index (κ1) is 21.5. The van der Waals surface area contributed by atoms with Crippen LogP contribution < -0.4 is 4.80 Å². The number of nitro groups is 1. The van der Waals surface area contributed by atoms with Gasteiger partial charge in [-0.1, -0.05) is 69.9 Å². The molecule has 31 heavy (non-hydrogen) atoms. The second-order valence-electron chi connectivity index (χ2n) is 8.55. The van der Waals surface area contributed by atoms with Gasteiger partial charge in [0.2, 0.25) is 0 Å². The van der Waals surface area contributed by atoms with Gasteiger partial charge in [-0.2, -0.15) is 0 Å². The van der Waals surface area contributed by atoms with Crippen LogP contribution >= 0.6 is 11.3 Å². The van der Waals surface area contributed by atoms with Crippen LogP contribution in [0.5, 0.6) is 0 Å². The first-order valence-electron chi connectivity index (χ1n) is 11.1. The minimum Gasteiger partial charge on any atom is -0.313 e. The molecule has 1 aromatic heterocycles. The molecule has 2 aromatic carbocycles. The summed E-state index contributed by atoms with van der Waals surface area (Å²) in [4.78, 5) is 17.1. The first-order chi connectivity index (χ1) is 15.0. The molecule has 0 spiro atoms. The number of nitro benzene ring substituents is 1. The monoisotopic (exact) mass is 435 g/mol. The average Bonchev–Trinajstić information content (AvgIpc) is 2.99. The zero-order valence-electron chi connectivity index (χ0n) is 18.2. The Labute approximate surface area is 187 Å². The fraction of sp³-hybridized carbons (Fsp3) is 0.400. The van der Waals surface area contributed by atoms with E-state index >= 15 is 0 Å². The Morgan fingerprint density at radius 1 is 1.06 bits per heavy atom. The third kappa shape index (κ3) is 4.79. The van der Waals surface area contributed by atoms with Crippen molar-refractivity contribution in [1.82, 2.24) is 4.57 Å². The smallest absolute Gasteiger partial charge is 0.270 e. The Kier molecular flexibility index (Phi) is 6.66. The number of hydrogen-bond donors (Lipinski definition) is 0. The van der Waals surface area contributed by atoms with Crippen LogP contribution in [0.3, 0.4) is 0 Å². The number of thiazole rings is 1. The van der Waals surface area contributed by atoms with Crippen LogP contribution in [-0.2, 0) is 0 Å². The molecule has 3 aromatic rings. The summed E-state index contributed by atoms with van der Waals surface area (Å²) in [5.74, 6) is 0.391. The van der Waals surface area contributed by atoms with Gasteiger partial charge < -0.3 is 4.57 Å². The molecule has 0 saturated heterocycles. The van der Waals surface area contributed by atoms with Crippen LogP contribution in [0.1, 0.15) is 69.9 Å². The summed E-state index contributed by atoms with van der Waals surface area (Å²) in [6.45, 7) is 4.38. The van der Waals surface area contributed by atoms with Crippen molar-refractivity contribution in [2.24, 2.45) is 4.99 Å². The third-order valence-electron chi connectivity index (χ3n) is 6.06. The van der Waals surface area contributed by atoms with Gasteiger partial charge in [0.15, 0.2) is 4.80 Å². The molecular weight excluding hydrogens is 406 g/mol. The highest BCUT2D eigenvalue weighted by Gasteiger charge is 2.21. The Morgan fingerprint density at radius 2 is 1.81 bits per heavy atom. The summed E-state index contributed by atoms with van der Waals surface area (Å²) < 4.78 is 2.35. The minimum atomic E-state index is -0.323. The molecule has 1 fully saturated rings. The summed E-state index contributed by atoms with van der Waals surface area (Å²) in [5, 5.41) is 13.5. The Balaban J connectivity index is 1.89. The number of non-ortho nitro benzene ring substituents is 1. The van der Waals surface area contributed by atoms with Gasteiger partial charge in [0, 0.05) is 29.1 Å². The van der Waals surface area contributed by atoms with Crippen molar-refractivity contribution >= 4 is 22.7 Å². The largest absolute Gasteiger partial charge is 0.313 e. The van der Waals surface area contributed by atoms with E-state index in [0.29, 0.717) is 12.0 Å². The van der Waals surface area contributed by atoms with Crippen molar-refractivity contribution in [2.75, 3.05) is 0 Å². The highest BCUT2D eigenvalue weighted by molar-refractivity contribution is 7.07. The second kappa shape index (κ2) is 9.60. The molecule has 1 saturated carbocycles. The molecule has 0 N–H and O–H groups in total. The van der Waals surface area contributed by atoms with Crippen molar-refractivity contribution in [3.63, 3.8) is 0 Å². The minimum absolute atomic E-state index is 0.125. The third-order valence-corrected chi connectivity index (χ3v) is 6.90.